The van der Waals surface area contributed by atoms with Gasteiger partial charge in [-0.05, 0) is 12.3 Å². The Morgan fingerprint density at radius 1 is 1.19 bits per heavy atom. The van der Waals surface area contributed by atoms with Crippen LogP contribution in [0.2, 0.25) is 0 Å². The number of aliphatic hydroxyl groups is 5. The smallest absolute Gasteiger partial charge is 0.337 e. The summed E-state index contributed by atoms with van der Waals surface area (Å²) in [6.45, 7) is 1.21. The van der Waals surface area contributed by atoms with Crippen molar-refractivity contribution >= 4 is 5.97 Å². The van der Waals surface area contributed by atoms with Gasteiger partial charge in [0.15, 0.2) is 6.29 Å². The standard InChI is InChI=1S/C17H26O10/c1-6-9(19)3-7-8(15(23)24-2)5-25-16(11(6)7)27-17-14(22)13(21)12(20)10(4-18)26-17/h5-7,9-14,16-22H,3-4H2,1-2H3/t6-,7+,9-,10+,11+,12?,13-,14?,16-,17-/m0/s1. The van der Waals surface area contributed by atoms with E-state index < -0.39 is 61.6 Å². The maximum atomic E-state index is 12.0. The van der Waals surface area contributed by atoms with Crippen LogP contribution in [0, 0.1) is 17.8 Å². The zero-order valence-corrected chi connectivity index (χ0v) is 15.0. The average molecular weight is 390 g/mol. The quantitative estimate of drug-likeness (QED) is 0.336. The molecule has 10 nitrogen and oxygen atoms in total. The summed E-state index contributed by atoms with van der Waals surface area (Å²) < 4.78 is 21.4. The van der Waals surface area contributed by atoms with Crippen LogP contribution in [0.4, 0.5) is 0 Å². The van der Waals surface area contributed by atoms with Crippen LogP contribution in [0.15, 0.2) is 11.8 Å². The summed E-state index contributed by atoms with van der Waals surface area (Å²) in [5, 5.41) is 49.4. The monoisotopic (exact) mass is 390 g/mol. The van der Waals surface area contributed by atoms with E-state index in [2.05, 4.69) is 0 Å². The van der Waals surface area contributed by atoms with Gasteiger partial charge >= 0.3 is 5.97 Å². The first-order chi connectivity index (χ1) is 12.8. The van der Waals surface area contributed by atoms with Gasteiger partial charge in [-0.2, -0.15) is 0 Å². The van der Waals surface area contributed by atoms with Gasteiger partial charge < -0.3 is 44.5 Å². The van der Waals surface area contributed by atoms with Crippen molar-refractivity contribution in [3.8, 4) is 0 Å². The molecule has 3 rings (SSSR count). The van der Waals surface area contributed by atoms with Gasteiger partial charge in [0.25, 0.3) is 0 Å². The highest BCUT2D eigenvalue weighted by Gasteiger charge is 2.53. The minimum atomic E-state index is -1.58. The molecule has 10 heteroatoms. The molecule has 2 unspecified atom stereocenters. The third kappa shape index (κ3) is 3.58. The highest BCUT2D eigenvalue weighted by Crippen LogP contribution is 2.47. The molecular formula is C17H26O10. The Balaban J connectivity index is 1.80. The minimum absolute atomic E-state index is 0.279. The highest BCUT2D eigenvalue weighted by atomic mass is 16.8. The number of hydrogen-bond donors (Lipinski definition) is 5. The topological polar surface area (TPSA) is 155 Å². The first-order valence-electron chi connectivity index (χ1n) is 8.88. The Kier molecular flexibility index (Phi) is 6.06. The van der Waals surface area contributed by atoms with Crippen molar-refractivity contribution in [2.24, 2.45) is 17.8 Å². The van der Waals surface area contributed by atoms with Gasteiger partial charge in [-0.1, -0.05) is 6.92 Å². The molecule has 154 valence electrons. The average Bonchev–Trinajstić information content (AvgIpc) is 2.96. The van der Waals surface area contributed by atoms with Crippen molar-refractivity contribution < 1.29 is 49.3 Å². The molecule has 2 aliphatic heterocycles. The molecular weight excluding hydrogens is 364 g/mol. The molecule has 1 saturated carbocycles. The zero-order chi connectivity index (χ0) is 19.9. The summed E-state index contributed by atoms with van der Waals surface area (Å²) in [5.41, 5.74) is 0.291. The molecule has 0 amide bonds. The van der Waals surface area contributed by atoms with Crippen molar-refractivity contribution in [1.82, 2.24) is 0 Å². The lowest BCUT2D eigenvalue weighted by Gasteiger charge is -2.43. The Labute approximate surface area is 155 Å². The third-order valence-corrected chi connectivity index (χ3v) is 5.75. The number of ether oxygens (including phenoxy) is 4. The summed E-state index contributed by atoms with van der Waals surface area (Å²) in [6.07, 6.45) is -7.25. The first-order valence-corrected chi connectivity index (χ1v) is 8.88. The van der Waals surface area contributed by atoms with E-state index in [4.69, 9.17) is 18.9 Å². The predicted octanol–water partition coefficient (Wildman–Crippen LogP) is -2.15. The third-order valence-electron chi connectivity index (χ3n) is 5.75. The van der Waals surface area contributed by atoms with E-state index in [1.807, 2.05) is 0 Å². The molecule has 0 radical (unpaired) electrons. The number of fused-ring (bicyclic) bond motifs is 1. The van der Waals surface area contributed by atoms with Crippen molar-refractivity contribution in [3.63, 3.8) is 0 Å². The van der Waals surface area contributed by atoms with Gasteiger partial charge in [-0.3, -0.25) is 0 Å². The molecule has 0 aromatic rings. The van der Waals surface area contributed by atoms with Crippen LogP contribution in [0.1, 0.15) is 13.3 Å². The van der Waals surface area contributed by atoms with E-state index in [9.17, 15) is 30.3 Å². The number of carbonyl (C=O) groups is 1. The van der Waals surface area contributed by atoms with Crippen LogP contribution in [0.3, 0.4) is 0 Å². The molecule has 0 bridgehead atoms. The van der Waals surface area contributed by atoms with Crippen molar-refractivity contribution in [2.45, 2.75) is 56.4 Å². The summed E-state index contributed by atoms with van der Waals surface area (Å²) in [6, 6.07) is 0. The summed E-state index contributed by atoms with van der Waals surface area (Å²) in [4.78, 5) is 12.0. The van der Waals surface area contributed by atoms with Crippen molar-refractivity contribution in [2.75, 3.05) is 13.7 Å². The second kappa shape index (κ2) is 8.00. The van der Waals surface area contributed by atoms with E-state index >= 15 is 0 Å². The van der Waals surface area contributed by atoms with Crippen LogP contribution in [-0.2, 0) is 23.7 Å². The molecule has 1 saturated heterocycles. The lowest BCUT2D eigenvalue weighted by Crippen LogP contribution is -2.60. The molecule has 0 spiro atoms. The fourth-order valence-electron chi connectivity index (χ4n) is 4.10. The van der Waals surface area contributed by atoms with Gasteiger partial charge in [0.1, 0.15) is 24.4 Å². The zero-order valence-electron chi connectivity index (χ0n) is 15.0. The fraction of sp³-hybridized carbons (Fsp3) is 0.824. The molecule has 2 heterocycles. The number of rotatable bonds is 4. The maximum Gasteiger partial charge on any atom is 0.337 e. The molecule has 3 aliphatic rings. The van der Waals surface area contributed by atoms with E-state index in [0.717, 1.165) is 0 Å². The Morgan fingerprint density at radius 2 is 1.89 bits per heavy atom. The SMILES string of the molecule is COC(=O)C1=CO[C@@H](O[C@@H]2O[C@H](CO)C(O)[C@H](O)C2O)[C@@H]2[C@@H](C)[C@@H](O)C[C@H]12. The predicted molar refractivity (Wildman–Crippen MR) is 86.6 cm³/mol. The van der Waals surface area contributed by atoms with Gasteiger partial charge in [0.2, 0.25) is 6.29 Å². The maximum absolute atomic E-state index is 12.0. The molecule has 27 heavy (non-hydrogen) atoms. The lowest BCUT2D eigenvalue weighted by molar-refractivity contribution is -0.342. The molecule has 0 aromatic heterocycles. The highest BCUT2D eigenvalue weighted by molar-refractivity contribution is 5.89. The van der Waals surface area contributed by atoms with E-state index in [1.54, 1.807) is 6.92 Å². The molecule has 2 fully saturated rings. The summed E-state index contributed by atoms with van der Waals surface area (Å²) in [5.74, 6) is -1.63. The lowest BCUT2D eigenvalue weighted by atomic mass is 9.83. The molecule has 10 atom stereocenters. The summed E-state index contributed by atoms with van der Waals surface area (Å²) >= 11 is 0. The van der Waals surface area contributed by atoms with Gasteiger partial charge in [-0.25, -0.2) is 4.79 Å². The van der Waals surface area contributed by atoms with Crippen LogP contribution < -0.4 is 0 Å². The normalized spacial score (nSPS) is 47.0. The van der Waals surface area contributed by atoms with Gasteiger partial charge in [0.05, 0.1) is 31.7 Å². The van der Waals surface area contributed by atoms with Gasteiger partial charge in [0, 0.05) is 11.8 Å². The summed E-state index contributed by atoms with van der Waals surface area (Å²) in [7, 11) is 1.25. The largest absolute Gasteiger partial charge is 0.472 e. The molecule has 0 aromatic carbocycles. The number of methoxy groups -OCH3 is 1. The number of aliphatic hydroxyl groups excluding tert-OH is 5. The number of hydrogen-bond acceptors (Lipinski definition) is 10. The van der Waals surface area contributed by atoms with Crippen molar-refractivity contribution in [3.05, 3.63) is 11.8 Å². The Morgan fingerprint density at radius 3 is 2.52 bits per heavy atom. The first kappa shape index (κ1) is 20.5. The van der Waals surface area contributed by atoms with Crippen LogP contribution in [0.5, 0.6) is 0 Å². The number of carbonyl (C=O) groups excluding carboxylic acids is 1. The molecule has 1 aliphatic carbocycles. The second-order valence-electron chi connectivity index (χ2n) is 7.25. The number of esters is 1. The Bertz CT molecular complexity index is 578. The van der Waals surface area contributed by atoms with Crippen LogP contribution >= 0.6 is 0 Å². The fourth-order valence-corrected chi connectivity index (χ4v) is 4.10. The Hall–Kier alpha value is -1.27. The van der Waals surface area contributed by atoms with E-state index in [0.29, 0.717) is 12.0 Å². The van der Waals surface area contributed by atoms with Crippen LogP contribution in [0.25, 0.3) is 0 Å². The molecule has 5 N–H and O–H groups in total. The van der Waals surface area contributed by atoms with E-state index in [1.165, 1.54) is 13.4 Å². The van der Waals surface area contributed by atoms with Crippen molar-refractivity contribution in [1.29, 1.82) is 0 Å². The van der Waals surface area contributed by atoms with E-state index in [-0.39, 0.29) is 11.8 Å². The second-order valence-corrected chi connectivity index (χ2v) is 7.25. The van der Waals surface area contributed by atoms with Gasteiger partial charge in [-0.15, -0.1) is 0 Å². The van der Waals surface area contributed by atoms with Crippen LogP contribution in [-0.4, -0.2) is 88.3 Å². The minimum Gasteiger partial charge on any atom is -0.472 e.